The average Bonchev–Trinajstić information content (AvgIpc) is 2.50. The number of rotatable bonds is 4. The van der Waals surface area contributed by atoms with Crippen LogP contribution in [0.3, 0.4) is 0 Å². The number of carbonyl (C=O) groups excluding carboxylic acids is 1. The first-order valence-corrected chi connectivity index (χ1v) is 8.35. The Bertz CT molecular complexity index is 668. The maximum absolute atomic E-state index is 11.9. The van der Waals surface area contributed by atoms with Gasteiger partial charge in [-0.25, -0.2) is 5.43 Å². The predicted molar refractivity (Wildman–Crippen MR) is 92.2 cm³/mol. The standard InChI is InChI=1S/C16H15BrN2OS/c1-11-3-6-13(9-15(11)17)16(20)19-18-10-12-4-7-14(21-2)8-5-12/h3-10H,1-2H3,(H,19,20)/b18-10+. The van der Waals surface area contributed by atoms with E-state index in [1.165, 1.54) is 4.90 Å². The summed E-state index contributed by atoms with van der Waals surface area (Å²) in [6, 6.07) is 13.4. The third kappa shape index (κ3) is 4.44. The first-order chi connectivity index (χ1) is 10.1. The van der Waals surface area contributed by atoms with Crippen molar-refractivity contribution in [2.45, 2.75) is 11.8 Å². The fraction of sp³-hybridized carbons (Fsp3) is 0.125. The minimum Gasteiger partial charge on any atom is -0.267 e. The van der Waals surface area contributed by atoms with Gasteiger partial charge in [-0.1, -0.05) is 34.1 Å². The van der Waals surface area contributed by atoms with Gasteiger partial charge in [0.15, 0.2) is 0 Å². The van der Waals surface area contributed by atoms with E-state index in [2.05, 4.69) is 26.5 Å². The monoisotopic (exact) mass is 362 g/mol. The second kappa shape index (κ2) is 7.43. The lowest BCUT2D eigenvalue weighted by Crippen LogP contribution is -2.17. The summed E-state index contributed by atoms with van der Waals surface area (Å²) in [5, 5.41) is 3.98. The van der Waals surface area contributed by atoms with Crippen molar-refractivity contribution in [3.8, 4) is 0 Å². The summed E-state index contributed by atoms with van der Waals surface area (Å²) in [5.74, 6) is -0.229. The normalized spacial score (nSPS) is 10.8. The van der Waals surface area contributed by atoms with E-state index in [1.807, 2.05) is 43.5 Å². The van der Waals surface area contributed by atoms with Gasteiger partial charge in [-0.05, 0) is 48.6 Å². The van der Waals surface area contributed by atoms with Gasteiger partial charge >= 0.3 is 0 Å². The van der Waals surface area contributed by atoms with Crippen molar-refractivity contribution < 1.29 is 4.79 Å². The molecule has 0 spiro atoms. The number of benzene rings is 2. The molecule has 0 atom stereocenters. The van der Waals surface area contributed by atoms with E-state index < -0.39 is 0 Å². The third-order valence-corrected chi connectivity index (χ3v) is 4.53. The van der Waals surface area contributed by atoms with Crippen molar-refractivity contribution in [3.63, 3.8) is 0 Å². The lowest BCUT2D eigenvalue weighted by atomic mass is 10.1. The topological polar surface area (TPSA) is 41.5 Å². The fourth-order valence-electron chi connectivity index (χ4n) is 1.65. The van der Waals surface area contributed by atoms with Crippen LogP contribution in [0, 0.1) is 6.92 Å². The number of hydrogen-bond acceptors (Lipinski definition) is 3. The molecule has 1 N–H and O–H groups in total. The van der Waals surface area contributed by atoms with Crippen LogP contribution in [0.15, 0.2) is 56.9 Å². The summed E-state index contributed by atoms with van der Waals surface area (Å²) in [5.41, 5.74) is 5.13. The molecule has 0 radical (unpaired) electrons. The number of nitrogens with one attached hydrogen (secondary N) is 1. The third-order valence-electron chi connectivity index (χ3n) is 2.93. The lowest BCUT2D eigenvalue weighted by Gasteiger charge is -2.03. The smallest absolute Gasteiger partial charge is 0.267 e. The van der Waals surface area contributed by atoms with E-state index in [4.69, 9.17) is 0 Å². The summed E-state index contributed by atoms with van der Waals surface area (Å²) in [6.45, 7) is 1.97. The highest BCUT2D eigenvalue weighted by atomic mass is 79.9. The largest absolute Gasteiger partial charge is 0.271 e. The van der Waals surface area contributed by atoms with E-state index in [9.17, 15) is 4.79 Å². The fourth-order valence-corrected chi connectivity index (χ4v) is 2.44. The number of thioether (sulfide) groups is 1. The van der Waals surface area contributed by atoms with Crippen LogP contribution < -0.4 is 5.43 Å². The molecule has 3 nitrogen and oxygen atoms in total. The molecule has 0 bridgehead atoms. The Balaban J connectivity index is 1.99. The van der Waals surface area contributed by atoms with Crippen LogP contribution in [-0.2, 0) is 0 Å². The van der Waals surface area contributed by atoms with Crippen molar-refractivity contribution in [2.24, 2.45) is 5.10 Å². The quantitative estimate of drug-likeness (QED) is 0.501. The van der Waals surface area contributed by atoms with Gasteiger partial charge in [-0.15, -0.1) is 11.8 Å². The van der Waals surface area contributed by atoms with Crippen LogP contribution in [0.2, 0.25) is 0 Å². The highest BCUT2D eigenvalue weighted by molar-refractivity contribution is 9.10. The molecule has 5 heteroatoms. The molecule has 0 fully saturated rings. The number of hydrazone groups is 1. The van der Waals surface area contributed by atoms with E-state index in [0.717, 1.165) is 15.6 Å². The van der Waals surface area contributed by atoms with Gasteiger partial charge < -0.3 is 0 Å². The Morgan fingerprint density at radius 1 is 1.24 bits per heavy atom. The van der Waals surface area contributed by atoms with Crippen molar-refractivity contribution in [2.75, 3.05) is 6.26 Å². The summed E-state index contributed by atoms with van der Waals surface area (Å²) in [4.78, 5) is 13.1. The number of carbonyl (C=O) groups is 1. The summed E-state index contributed by atoms with van der Waals surface area (Å²) >= 11 is 5.10. The number of aryl methyl sites for hydroxylation is 1. The number of nitrogens with zero attached hydrogens (tertiary/aromatic N) is 1. The van der Waals surface area contributed by atoms with Gasteiger partial charge in [0, 0.05) is 14.9 Å². The van der Waals surface area contributed by atoms with E-state index >= 15 is 0 Å². The first-order valence-electron chi connectivity index (χ1n) is 6.34. The molecule has 108 valence electrons. The maximum Gasteiger partial charge on any atom is 0.271 e. The molecule has 0 saturated carbocycles. The van der Waals surface area contributed by atoms with Crippen LogP contribution in [0.4, 0.5) is 0 Å². The molecule has 21 heavy (non-hydrogen) atoms. The molecular weight excluding hydrogens is 348 g/mol. The second-order valence-corrected chi connectivity index (χ2v) is 6.17. The Kier molecular flexibility index (Phi) is 5.59. The zero-order valence-electron chi connectivity index (χ0n) is 11.8. The van der Waals surface area contributed by atoms with E-state index in [-0.39, 0.29) is 5.91 Å². The first kappa shape index (κ1) is 15.8. The minimum absolute atomic E-state index is 0.229. The molecule has 0 aliphatic carbocycles. The molecular formula is C16H15BrN2OS. The number of halogens is 1. The minimum atomic E-state index is -0.229. The molecule has 2 aromatic rings. The Labute approximate surface area is 137 Å². The number of hydrogen-bond donors (Lipinski definition) is 1. The van der Waals surface area contributed by atoms with Crippen LogP contribution in [0.1, 0.15) is 21.5 Å². The highest BCUT2D eigenvalue weighted by Gasteiger charge is 2.05. The SMILES string of the molecule is CSc1ccc(/C=N/NC(=O)c2ccc(C)c(Br)c2)cc1. The van der Waals surface area contributed by atoms with Gasteiger partial charge in [-0.2, -0.15) is 5.10 Å². The van der Waals surface area contributed by atoms with Crippen LogP contribution >= 0.6 is 27.7 Å². The van der Waals surface area contributed by atoms with Gasteiger partial charge in [0.25, 0.3) is 5.91 Å². The van der Waals surface area contributed by atoms with Gasteiger partial charge in [0.05, 0.1) is 6.21 Å². The molecule has 0 saturated heterocycles. The van der Waals surface area contributed by atoms with Crippen molar-refractivity contribution in [3.05, 3.63) is 63.6 Å². The molecule has 0 unspecified atom stereocenters. The van der Waals surface area contributed by atoms with Gasteiger partial charge in [0.2, 0.25) is 0 Å². The van der Waals surface area contributed by atoms with Crippen LogP contribution in [0.25, 0.3) is 0 Å². The lowest BCUT2D eigenvalue weighted by molar-refractivity contribution is 0.0955. The van der Waals surface area contributed by atoms with Gasteiger partial charge in [-0.3, -0.25) is 4.79 Å². The summed E-state index contributed by atoms with van der Waals surface area (Å²) in [7, 11) is 0. The van der Waals surface area contributed by atoms with Crippen molar-refractivity contribution in [1.82, 2.24) is 5.43 Å². The predicted octanol–water partition coefficient (Wildman–Crippen LogP) is 4.24. The summed E-state index contributed by atoms with van der Waals surface area (Å²) in [6.07, 6.45) is 3.66. The zero-order valence-corrected chi connectivity index (χ0v) is 14.2. The molecule has 0 heterocycles. The highest BCUT2D eigenvalue weighted by Crippen LogP contribution is 2.17. The molecule has 2 aromatic carbocycles. The van der Waals surface area contributed by atoms with Crippen molar-refractivity contribution in [1.29, 1.82) is 0 Å². The Morgan fingerprint density at radius 3 is 2.57 bits per heavy atom. The Hall–Kier alpha value is -1.59. The second-order valence-electron chi connectivity index (χ2n) is 4.44. The molecule has 0 aromatic heterocycles. The molecule has 1 amide bonds. The van der Waals surface area contributed by atoms with E-state index in [0.29, 0.717) is 5.56 Å². The average molecular weight is 363 g/mol. The number of amides is 1. The van der Waals surface area contributed by atoms with Crippen molar-refractivity contribution >= 4 is 39.8 Å². The van der Waals surface area contributed by atoms with Crippen LogP contribution in [-0.4, -0.2) is 18.4 Å². The zero-order chi connectivity index (χ0) is 15.2. The molecule has 0 aliphatic heterocycles. The van der Waals surface area contributed by atoms with Gasteiger partial charge in [0.1, 0.15) is 0 Å². The summed E-state index contributed by atoms with van der Waals surface area (Å²) < 4.78 is 0.909. The molecule has 2 rings (SSSR count). The van der Waals surface area contributed by atoms with Crippen LogP contribution in [0.5, 0.6) is 0 Å². The van der Waals surface area contributed by atoms with E-state index in [1.54, 1.807) is 30.1 Å². The molecule has 0 aliphatic rings. The Morgan fingerprint density at radius 2 is 1.95 bits per heavy atom. The maximum atomic E-state index is 11.9.